The Bertz CT molecular complexity index is 562. The van der Waals surface area contributed by atoms with Crippen LogP contribution in [-0.4, -0.2) is 22.7 Å². The van der Waals surface area contributed by atoms with Gasteiger partial charge in [0.15, 0.2) is 0 Å². The summed E-state index contributed by atoms with van der Waals surface area (Å²) in [5.74, 6) is 0.723. The first-order valence-electron chi connectivity index (χ1n) is 7.54. The summed E-state index contributed by atoms with van der Waals surface area (Å²) in [6, 6.07) is 10.5. The number of nitrogens with zero attached hydrogens (tertiary/aromatic N) is 1. The molecule has 1 saturated carbocycles. The van der Waals surface area contributed by atoms with Crippen molar-refractivity contribution in [3.63, 3.8) is 0 Å². The SMILES string of the molecule is OC1CCC(CNCc2ccc3ncccc3c2)CC1. The second-order valence-corrected chi connectivity index (χ2v) is 5.84. The summed E-state index contributed by atoms with van der Waals surface area (Å²) in [7, 11) is 0. The molecule has 0 unspecified atom stereocenters. The van der Waals surface area contributed by atoms with Gasteiger partial charge in [-0.15, -0.1) is 0 Å². The van der Waals surface area contributed by atoms with E-state index in [0.717, 1.165) is 50.2 Å². The Morgan fingerprint density at radius 3 is 2.85 bits per heavy atom. The van der Waals surface area contributed by atoms with Crippen molar-refractivity contribution >= 4 is 10.9 Å². The van der Waals surface area contributed by atoms with E-state index in [1.54, 1.807) is 0 Å². The van der Waals surface area contributed by atoms with Crippen LogP contribution in [-0.2, 0) is 6.54 Å². The van der Waals surface area contributed by atoms with Crippen molar-refractivity contribution in [2.45, 2.75) is 38.3 Å². The third kappa shape index (κ3) is 3.35. The molecular weight excluding hydrogens is 248 g/mol. The van der Waals surface area contributed by atoms with Gasteiger partial charge in [-0.05, 0) is 61.9 Å². The van der Waals surface area contributed by atoms with Crippen molar-refractivity contribution in [2.24, 2.45) is 5.92 Å². The van der Waals surface area contributed by atoms with E-state index >= 15 is 0 Å². The molecule has 3 nitrogen and oxygen atoms in total. The quantitative estimate of drug-likeness (QED) is 0.898. The molecule has 2 N–H and O–H groups in total. The molecule has 0 atom stereocenters. The molecule has 0 radical (unpaired) electrons. The number of nitrogens with one attached hydrogen (secondary N) is 1. The van der Waals surface area contributed by atoms with E-state index in [2.05, 4.69) is 34.6 Å². The molecule has 0 aliphatic heterocycles. The molecule has 1 fully saturated rings. The molecule has 3 heteroatoms. The molecule has 3 rings (SSSR count). The van der Waals surface area contributed by atoms with Crippen LogP contribution >= 0.6 is 0 Å². The number of aromatic nitrogens is 1. The van der Waals surface area contributed by atoms with Gasteiger partial charge in [-0.2, -0.15) is 0 Å². The van der Waals surface area contributed by atoms with Crippen LogP contribution in [0.2, 0.25) is 0 Å². The average Bonchev–Trinajstić information content (AvgIpc) is 2.49. The predicted octanol–water partition coefficient (Wildman–Crippen LogP) is 2.88. The number of pyridine rings is 1. The zero-order valence-electron chi connectivity index (χ0n) is 11.8. The molecule has 0 bridgehead atoms. The maximum absolute atomic E-state index is 9.50. The number of hydrogen-bond donors (Lipinski definition) is 2. The van der Waals surface area contributed by atoms with Gasteiger partial charge in [-0.1, -0.05) is 12.1 Å². The van der Waals surface area contributed by atoms with Crippen molar-refractivity contribution in [2.75, 3.05) is 6.54 Å². The first-order chi connectivity index (χ1) is 9.81. The molecule has 106 valence electrons. The van der Waals surface area contributed by atoms with Gasteiger partial charge in [-0.3, -0.25) is 4.98 Å². The highest BCUT2D eigenvalue weighted by molar-refractivity contribution is 5.78. The first-order valence-corrected chi connectivity index (χ1v) is 7.54. The smallest absolute Gasteiger partial charge is 0.0702 e. The van der Waals surface area contributed by atoms with Crippen LogP contribution in [0.25, 0.3) is 10.9 Å². The van der Waals surface area contributed by atoms with E-state index in [-0.39, 0.29) is 6.10 Å². The van der Waals surface area contributed by atoms with Crippen molar-refractivity contribution in [3.05, 3.63) is 42.1 Å². The van der Waals surface area contributed by atoms with Crippen LogP contribution in [0.3, 0.4) is 0 Å². The van der Waals surface area contributed by atoms with Gasteiger partial charge in [0, 0.05) is 18.1 Å². The largest absolute Gasteiger partial charge is 0.393 e. The number of aliphatic hydroxyl groups is 1. The third-order valence-corrected chi connectivity index (χ3v) is 4.25. The molecule has 2 aromatic rings. The lowest BCUT2D eigenvalue weighted by molar-refractivity contribution is 0.108. The monoisotopic (exact) mass is 270 g/mol. The highest BCUT2D eigenvalue weighted by Crippen LogP contribution is 2.23. The fourth-order valence-electron chi connectivity index (χ4n) is 3.00. The summed E-state index contributed by atoms with van der Waals surface area (Å²) in [4.78, 5) is 4.34. The number of rotatable bonds is 4. The molecular formula is C17H22N2O. The standard InChI is InChI=1S/C17H22N2O/c20-16-6-3-13(4-7-16)11-18-12-14-5-8-17-15(10-14)2-1-9-19-17/h1-2,5,8-10,13,16,18,20H,3-4,6-7,11-12H2. The third-order valence-electron chi connectivity index (χ3n) is 4.25. The Kier molecular flexibility index (Phi) is 4.28. The van der Waals surface area contributed by atoms with Crippen molar-refractivity contribution < 1.29 is 5.11 Å². The van der Waals surface area contributed by atoms with Gasteiger partial charge in [0.2, 0.25) is 0 Å². The lowest BCUT2D eigenvalue weighted by Gasteiger charge is -2.25. The Balaban J connectivity index is 1.52. The Morgan fingerprint density at radius 2 is 2.00 bits per heavy atom. The first kappa shape index (κ1) is 13.5. The van der Waals surface area contributed by atoms with Crippen LogP contribution in [0.4, 0.5) is 0 Å². The van der Waals surface area contributed by atoms with E-state index in [1.807, 2.05) is 12.3 Å². The molecule has 20 heavy (non-hydrogen) atoms. The predicted molar refractivity (Wildman–Crippen MR) is 81.4 cm³/mol. The molecule has 1 aromatic heterocycles. The molecule has 1 aliphatic rings. The number of hydrogen-bond acceptors (Lipinski definition) is 3. The Hall–Kier alpha value is -1.45. The van der Waals surface area contributed by atoms with Gasteiger partial charge in [0.05, 0.1) is 11.6 Å². The Morgan fingerprint density at radius 1 is 1.15 bits per heavy atom. The number of fused-ring (bicyclic) bond motifs is 1. The summed E-state index contributed by atoms with van der Waals surface area (Å²) in [5, 5.41) is 14.3. The van der Waals surface area contributed by atoms with Crippen LogP contribution < -0.4 is 5.32 Å². The molecule has 1 aliphatic carbocycles. The van der Waals surface area contributed by atoms with Gasteiger partial charge in [0.25, 0.3) is 0 Å². The fraction of sp³-hybridized carbons (Fsp3) is 0.471. The summed E-state index contributed by atoms with van der Waals surface area (Å²) in [5.41, 5.74) is 2.36. The van der Waals surface area contributed by atoms with Crippen LogP contribution in [0.1, 0.15) is 31.2 Å². The number of aliphatic hydroxyl groups excluding tert-OH is 1. The van der Waals surface area contributed by atoms with Gasteiger partial charge < -0.3 is 10.4 Å². The van der Waals surface area contributed by atoms with E-state index in [0.29, 0.717) is 0 Å². The maximum Gasteiger partial charge on any atom is 0.0702 e. The van der Waals surface area contributed by atoms with E-state index in [4.69, 9.17) is 0 Å². The zero-order chi connectivity index (χ0) is 13.8. The molecule has 1 heterocycles. The normalized spacial score (nSPS) is 23.1. The summed E-state index contributed by atoms with van der Waals surface area (Å²) in [6.45, 7) is 1.96. The second-order valence-electron chi connectivity index (χ2n) is 5.84. The zero-order valence-corrected chi connectivity index (χ0v) is 11.8. The van der Waals surface area contributed by atoms with Crippen LogP contribution in [0.15, 0.2) is 36.5 Å². The van der Waals surface area contributed by atoms with Gasteiger partial charge in [0.1, 0.15) is 0 Å². The fourth-order valence-corrected chi connectivity index (χ4v) is 3.00. The molecule has 0 spiro atoms. The highest BCUT2D eigenvalue weighted by Gasteiger charge is 2.18. The second kappa shape index (κ2) is 6.33. The van der Waals surface area contributed by atoms with Crippen molar-refractivity contribution in [1.82, 2.24) is 10.3 Å². The molecule has 1 aromatic carbocycles. The van der Waals surface area contributed by atoms with Gasteiger partial charge >= 0.3 is 0 Å². The molecule has 0 amide bonds. The van der Waals surface area contributed by atoms with E-state index in [1.165, 1.54) is 10.9 Å². The summed E-state index contributed by atoms with van der Waals surface area (Å²) in [6.07, 6.45) is 6.00. The average molecular weight is 270 g/mol. The van der Waals surface area contributed by atoms with Crippen molar-refractivity contribution in [3.8, 4) is 0 Å². The summed E-state index contributed by atoms with van der Waals surface area (Å²) < 4.78 is 0. The highest BCUT2D eigenvalue weighted by atomic mass is 16.3. The van der Waals surface area contributed by atoms with E-state index < -0.39 is 0 Å². The van der Waals surface area contributed by atoms with Gasteiger partial charge in [-0.25, -0.2) is 0 Å². The minimum Gasteiger partial charge on any atom is -0.393 e. The van der Waals surface area contributed by atoms with Crippen molar-refractivity contribution in [1.29, 1.82) is 0 Å². The minimum atomic E-state index is -0.0563. The number of benzene rings is 1. The van der Waals surface area contributed by atoms with Crippen LogP contribution in [0.5, 0.6) is 0 Å². The maximum atomic E-state index is 9.50. The lowest BCUT2D eigenvalue weighted by atomic mass is 9.87. The summed E-state index contributed by atoms with van der Waals surface area (Å²) >= 11 is 0. The lowest BCUT2D eigenvalue weighted by Crippen LogP contribution is -2.27. The van der Waals surface area contributed by atoms with E-state index in [9.17, 15) is 5.11 Å². The molecule has 0 saturated heterocycles. The topological polar surface area (TPSA) is 45.1 Å². The van der Waals surface area contributed by atoms with Crippen LogP contribution in [0, 0.1) is 5.92 Å². The Labute approximate surface area is 120 Å². The minimum absolute atomic E-state index is 0.0563.